The molecule has 1 aromatic heterocycles. The first kappa shape index (κ1) is 13.8. The van der Waals surface area contributed by atoms with Crippen LogP contribution in [0, 0.1) is 0 Å². The molecule has 0 aliphatic carbocycles. The lowest BCUT2D eigenvalue weighted by atomic mass is 10.0. The largest absolute Gasteiger partial charge is 0.349 e. The third-order valence-corrected chi connectivity index (χ3v) is 5.29. The van der Waals surface area contributed by atoms with Crippen LogP contribution in [0.25, 0.3) is 0 Å². The first-order valence-electron chi connectivity index (χ1n) is 7.39. The molecule has 3 rings (SSSR count). The summed E-state index contributed by atoms with van der Waals surface area (Å²) in [6.45, 7) is 6.50. The quantitative estimate of drug-likeness (QED) is 0.893. The lowest BCUT2D eigenvalue weighted by molar-refractivity contribution is 0.517. The van der Waals surface area contributed by atoms with E-state index in [2.05, 4.69) is 66.3 Å². The van der Waals surface area contributed by atoms with E-state index in [0.717, 1.165) is 13.1 Å². The van der Waals surface area contributed by atoms with E-state index in [1.165, 1.54) is 21.9 Å². The van der Waals surface area contributed by atoms with Gasteiger partial charge in [0.15, 0.2) is 0 Å². The van der Waals surface area contributed by atoms with Gasteiger partial charge >= 0.3 is 0 Å². The number of thioether (sulfide) groups is 1. The number of fused-ring (bicyclic) bond motifs is 1. The summed E-state index contributed by atoms with van der Waals surface area (Å²) in [7, 11) is 0. The Bertz CT molecular complexity index is 576. The van der Waals surface area contributed by atoms with Gasteiger partial charge in [-0.2, -0.15) is 0 Å². The Morgan fingerprint density at radius 1 is 1.30 bits per heavy atom. The second-order valence-electron chi connectivity index (χ2n) is 5.41. The molecule has 2 unspecified atom stereocenters. The number of hydrogen-bond donors (Lipinski definition) is 1. The topological polar surface area (TPSA) is 17.0 Å². The van der Waals surface area contributed by atoms with E-state index in [1.54, 1.807) is 0 Å². The van der Waals surface area contributed by atoms with Crippen molar-refractivity contribution < 1.29 is 0 Å². The molecule has 1 N–H and O–H groups in total. The molecule has 3 heteroatoms. The number of rotatable bonds is 5. The van der Waals surface area contributed by atoms with Crippen molar-refractivity contribution in [3.05, 3.63) is 53.9 Å². The molecule has 0 fully saturated rings. The summed E-state index contributed by atoms with van der Waals surface area (Å²) in [5, 5.41) is 3.51. The molecule has 0 bridgehead atoms. The number of hydrogen-bond acceptors (Lipinski definition) is 2. The van der Waals surface area contributed by atoms with Gasteiger partial charge < -0.3 is 9.88 Å². The molecular formula is C17H22N2S. The molecule has 0 saturated carbocycles. The van der Waals surface area contributed by atoms with E-state index >= 15 is 0 Å². The monoisotopic (exact) mass is 286 g/mol. The van der Waals surface area contributed by atoms with Crippen molar-refractivity contribution >= 4 is 11.8 Å². The van der Waals surface area contributed by atoms with Gasteiger partial charge in [0, 0.05) is 41.0 Å². The minimum atomic E-state index is 0.416. The number of nitrogens with zero attached hydrogens (tertiary/aromatic N) is 1. The van der Waals surface area contributed by atoms with Crippen molar-refractivity contribution in [3.8, 4) is 0 Å². The standard InChI is InChI=1S/C17H22N2S/c1-3-18-13(2)16-8-6-10-19(16)11-14-12-20-17-9-5-4-7-15(14)17/h4-10,13-14,18H,3,11-12H2,1-2H3. The van der Waals surface area contributed by atoms with E-state index in [0.29, 0.717) is 12.0 Å². The maximum atomic E-state index is 3.51. The average molecular weight is 286 g/mol. The lowest BCUT2D eigenvalue weighted by Gasteiger charge is -2.19. The summed E-state index contributed by atoms with van der Waals surface area (Å²) >= 11 is 1.99. The molecule has 1 aliphatic rings. The van der Waals surface area contributed by atoms with Crippen LogP contribution >= 0.6 is 11.8 Å². The van der Waals surface area contributed by atoms with E-state index in [9.17, 15) is 0 Å². The summed E-state index contributed by atoms with van der Waals surface area (Å²) in [5.74, 6) is 1.84. The summed E-state index contributed by atoms with van der Waals surface area (Å²) in [6.07, 6.45) is 2.22. The zero-order chi connectivity index (χ0) is 13.9. The third kappa shape index (κ3) is 2.65. The maximum absolute atomic E-state index is 3.51. The molecule has 1 aliphatic heterocycles. The zero-order valence-corrected chi connectivity index (χ0v) is 13.0. The Morgan fingerprint density at radius 3 is 3.00 bits per heavy atom. The highest BCUT2D eigenvalue weighted by molar-refractivity contribution is 7.99. The molecule has 0 saturated heterocycles. The summed E-state index contributed by atoms with van der Waals surface area (Å²) < 4.78 is 2.42. The van der Waals surface area contributed by atoms with Crippen LogP contribution in [0.4, 0.5) is 0 Å². The fourth-order valence-electron chi connectivity index (χ4n) is 3.02. The van der Waals surface area contributed by atoms with Crippen LogP contribution in [0.2, 0.25) is 0 Å². The first-order chi connectivity index (χ1) is 9.79. The van der Waals surface area contributed by atoms with E-state index in [-0.39, 0.29) is 0 Å². The zero-order valence-electron chi connectivity index (χ0n) is 12.2. The van der Waals surface area contributed by atoms with Crippen molar-refractivity contribution in [3.63, 3.8) is 0 Å². The summed E-state index contributed by atoms with van der Waals surface area (Å²) in [6, 6.07) is 13.7. The molecule has 1 aromatic carbocycles. The lowest BCUT2D eigenvalue weighted by Crippen LogP contribution is -2.21. The summed E-state index contributed by atoms with van der Waals surface area (Å²) in [4.78, 5) is 1.46. The fourth-order valence-corrected chi connectivity index (χ4v) is 4.26. The van der Waals surface area contributed by atoms with Crippen LogP contribution in [0.15, 0.2) is 47.5 Å². The molecular weight excluding hydrogens is 264 g/mol. The van der Waals surface area contributed by atoms with Crippen molar-refractivity contribution in [2.45, 2.75) is 37.2 Å². The molecule has 2 nitrogen and oxygen atoms in total. The van der Waals surface area contributed by atoms with Crippen LogP contribution in [0.5, 0.6) is 0 Å². The second-order valence-corrected chi connectivity index (χ2v) is 6.47. The number of benzene rings is 1. The van der Waals surface area contributed by atoms with Crippen LogP contribution in [0.1, 0.15) is 37.1 Å². The van der Waals surface area contributed by atoms with Gasteiger partial charge in [-0.1, -0.05) is 25.1 Å². The van der Waals surface area contributed by atoms with Crippen LogP contribution < -0.4 is 5.32 Å². The molecule has 2 heterocycles. The van der Waals surface area contributed by atoms with Crippen LogP contribution in [-0.2, 0) is 6.54 Å². The van der Waals surface area contributed by atoms with E-state index < -0.39 is 0 Å². The Kier molecular flexibility index (Phi) is 4.18. The smallest absolute Gasteiger partial charge is 0.0446 e. The van der Waals surface area contributed by atoms with Crippen molar-refractivity contribution in [1.82, 2.24) is 9.88 Å². The van der Waals surface area contributed by atoms with Crippen molar-refractivity contribution in [2.24, 2.45) is 0 Å². The fraction of sp³-hybridized carbons (Fsp3) is 0.412. The highest BCUT2D eigenvalue weighted by atomic mass is 32.2. The van der Waals surface area contributed by atoms with Crippen LogP contribution in [0.3, 0.4) is 0 Å². The van der Waals surface area contributed by atoms with Crippen LogP contribution in [-0.4, -0.2) is 16.9 Å². The normalized spacial score (nSPS) is 19.0. The molecule has 0 spiro atoms. The molecule has 106 valence electrons. The third-order valence-electron chi connectivity index (χ3n) is 4.03. The maximum Gasteiger partial charge on any atom is 0.0446 e. The Balaban J connectivity index is 1.78. The van der Waals surface area contributed by atoms with Gasteiger partial charge in [0.25, 0.3) is 0 Å². The van der Waals surface area contributed by atoms with Gasteiger partial charge in [0.05, 0.1) is 0 Å². The highest BCUT2D eigenvalue weighted by Crippen LogP contribution is 2.40. The molecule has 0 amide bonds. The average Bonchev–Trinajstić information content (AvgIpc) is 3.07. The molecule has 2 aromatic rings. The Hall–Kier alpha value is -1.19. The second kappa shape index (κ2) is 6.06. The van der Waals surface area contributed by atoms with Gasteiger partial charge in [-0.25, -0.2) is 0 Å². The predicted octanol–water partition coefficient (Wildman–Crippen LogP) is 4.05. The SMILES string of the molecule is CCNC(C)c1cccn1CC1CSc2ccccc21. The number of aromatic nitrogens is 1. The van der Waals surface area contributed by atoms with Crippen molar-refractivity contribution in [1.29, 1.82) is 0 Å². The molecule has 20 heavy (non-hydrogen) atoms. The van der Waals surface area contributed by atoms with Gasteiger partial charge in [-0.05, 0) is 37.2 Å². The van der Waals surface area contributed by atoms with E-state index in [4.69, 9.17) is 0 Å². The van der Waals surface area contributed by atoms with Crippen molar-refractivity contribution in [2.75, 3.05) is 12.3 Å². The highest BCUT2D eigenvalue weighted by Gasteiger charge is 2.23. The molecule has 0 radical (unpaired) electrons. The Labute approximate surface area is 125 Å². The van der Waals surface area contributed by atoms with E-state index in [1.807, 2.05) is 11.8 Å². The minimum Gasteiger partial charge on any atom is -0.349 e. The van der Waals surface area contributed by atoms with Gasteiger partial charge in [-0.3, -0.25) is 0 Å². The molecule has 2 atom stereocenters. The number of nitrogens with one attached hydrogen (secondary N) is 1. The Morgan fingerprint density at radius 2 is 2.15 bits per heavy atom. The first-order valence-corrected chi connectivity index (χ1v) is 8.38. The van der Waals surface area contributed by atoms with Gasteiger partial charge in [0.2, 0.25) is 0 Å². The summed E-state index contributed by atoms with van der Waals surface area (Å²) in [5.41, 5.74) is 2.91. The minimum absolute atomic E-state index is 0.416. The van der Waals surface area contributed by atoms with Gasteiger partial charge in [0.1, 0.15) is 0 Å². The predicted molar refractivity (Wildman–Crippen MR) is 86.4 cm³/mol. The van der Waals surface area contributed by atoms with Gasteiger partial charge in [-0.15, -0.1) is 11.8 Å².